The Hall–Kier alpha value is -2.77. The molecule has 2 aromatic carbocycles. The zero-order valence-corrected chi connectivity index (χ0v) is 19.1. The van der Waals surface area contributed by atoms with Gasteiger partial charge >= 0.3 is 0 Å². The van der Waals surface area contributed by atoms with Crippen LogP contribution in [0, 0.1) is 12.3 Å². The van der Waals surface area contributed by atoms with Crippen LogP contribution in [0.25, 0.3) is 0 Å². The second-order valence-corrected chi connectivity index (χ2v) is 9.43. The predicted octanol–water partition coefficient (Wildman–Crippen LogP) is 3.69. The van der Waals surface area contributed by atoms with Crippen LogP contribution in [0.4, 0.5) is 5.69 Å². The molecule has 0 bridgehead atoms. The molecule has 31 heavy (non-hydrogen) atoms. The number of carbonyl (C=O) groups excluding carboxylic acids is 1. The van der Waals surface area contributed by atoms with Crippen LogP contribution < -0.4 is 4.90 Å². The third-order valence-electron chi connectivity index (χ3n) is 7.24. The molecule has 162 valence electrons. The Kier molecular flexibility index (Phi) is 5.81. The number of anilines is 1. The van der Waals surface area contributed by atoms with Gasteiger partial charge < -0.3 is 9.80 Å². The van der Waals surface area contributed by atoms with E-state index in [2.05, 4.69) is 74.0 Å². The van der Waals surface area contributed by atoms with E-state index in [1.54, 1.807) is 0 Å². The van der Waals surface area contributed by atoms with E-state index >= 15 is 0 Å². The quantitative estimate of drug-likeness (QED) is 0.674. The van der Waals surface area contributed by atoms with E-state index in [0.717, 1.165) is 24.9 Å². The summed E-state index contributed by atoms with van der Waals surface area (Å²) in [5.41, 5.74) is 5.05. The van der Waals surface area contributed by atoms with E-state index in [9.17, 15) is 4.79 Å². The summed E-state index contributed by atoms with van der Waals surface area (Å²) in [6.45, 7) is 5.88. The van der Waals surface area contributed by atoms with Gasteiger partial charge in [0.1, 0.15) is 0 Å². The standard InChI is InChI=1S/C27H33N3O/c1-6-15-30(20(2)17-21-10-8-7-9-11-21)25(31)19-22-12-13-24-23(18-22)27(3)14-16-28(4)26(27)29(24)5/h1,7-13,18,20,26H,14-17,19H2,2-5H3/t20-,26-,27+/m1/s1. The zero-order valence-electron chi connectivity index (χ0n) is 19.1. The van der Waals surface area contributed by atoms with Gasteiger partial charge in [-0.2, -0.15) is 0 Å². The highest BCUT2D eigenvalue weighted by Gasteiger charge is 2.52. The third kappa shape index (κ3) is 3.83. The molecule has 0 unspecified atom stereocenters. The fraction of sp³-hybridized carbons (Fsp3) is 0.444. The van der Waals surface area contributed by atoms with E-state index in [-0.39, 0.29) is 17.4 Å². The molecule has 0 aromatic heterocycles. The Bertz CT molecular complexity index is 995. The molecule has 4 nitrogen and oxygen atoms in total. The summed E-state index contributed by atoms with van der Waals surface area (Å²) in [4.78, 5) is 19.9. The van der Waals surface area contributed by atoms with Crippen molar-refractivity contribution in [3.8, 4) is 12.3 Å². The van der Waals surface area contributed by atoms with Crippen molar-refractivity contribution in [2.24, 2.45) is 0 Å². The molecule has 1 saturated heterocycles. The number of likely N-dealkylation sites (N-methyl/N-ethyl adjacent to an activating group) is 2. The van der Waals surface area contributed by atoms with Gasteiger partial charge in [-0.25, -0.2) is 0 Å². The van der Waals surface area contributed by atoms with Crippen molar-refractivity contribution in [3.05, 3.63) is 65.2 Å². The fourth-order valence-electron chi connectivity index (χ4n) is 5.66. The van der Waals surface area contributed by atoms with Crippen LogP contribution in [0.15, 0.2) is 48.5 Å². The Morgan fingerprint density at radius 3 is 2.68 bits per heavy atom. The minimum atomic E-state index is 0.0527. The number of fused-ring (bicyclic) bond motifs is 3. The second kappa shape index (κ2) is 8.40. The van der Waals surface area contributed by atoms with Gasteiger partial charge in [0, 0.05) is 30.7 Å². The van der Waals surface area contributed by atoms with Crippen LogP contribution in [-0.2, 0) is 23.1 Å². The molecular weight excluding hydrogens is 382 g/mol. The third-order valence-corrected chi connectivity index (χ3v) is 7.24. The van der Waals surface area contributed by atoms with Crippen LogP contribution in [0.3, 0.4) is 0 Å². The molecule has 2 aromatic rings. The van der Waals surface area contributed by atoms with Crippen molar-refractivity contribution >= 4 is 11.6 Å². The number of hydrogen-bond donors (Lipinski definition) is 0. The first-order valence-corrected chi connectivity index (χ1v) is 11.2. The molecular formula is C27H33N3O. The summed E-state index contributed by atoms with van der Waals surface area (Å²) in [6.07, 6.45) is 8.33. The Morgan fingerprint density at radius 2 is 1.97 bits per heavy atom. The monoisotopic (exact) mass is 415 g/mol. The average Bonchev–Trinajstić information content (AvgIpc) is 3.18. The summed E-state index contributed by atoms with van der Waals surface area (Å²) >= 11 is 0. The molecule has 0 aliphatic carbocycles. The van der Waals surface area contributed by atoms with Gasteiger partial charge in [-0.15, -0.1) is 6.42 Å². The number of terminal acetylenes is 1. The van der Waals surface area contributed by atoms with Crippen LogP contribution in [-0.4, -0.2) is 55.1 Å². The summed E-state index contributed by atoms with van der Waals surface area (Å²) in [6, 6.07) is 16.9. The lowest BCUT2D eigenvalue weighted by Crippen LogP contribution is -2.45. The van der Waals surface area contributed by atoms with Gasteiger partial charge in [0.2, 0.25) is 5.91 Å². The van der Waals surface area contributed by atoms with Crippen molar-refractivity contribution in [2.75, 3.05) is 32.1 Å². The maximum Gasteiger partial charge on any atom is 0.228 e. The highest BCUT2D eigenvalue weighted by atomic mass is 16.2. The zero-order chi connectivity index (χ0) is 22.2. The lowest BCUT2D eigenvalue weighted by molar-refractivity contribution is -0.131. The molecule has 3 atom stereocenters. The van der Waals surface area contributed by atoms with E-state index in [1.165, 1.54) is 16.8 Å². The highest BCUT2D eigenvalue weighted by Crippen LogP contribution is 2.51. The van der Waals surface area contributed by atoms with Gasteiger partial charge in [0.25, 0.3) is 0 Å². The Morgan fingerprint density at radius 1 is 1.23 bits per heavy atom. The van der Waals surface area contributed by atoms with Crippen molar-refractivity contribution in [2.45, 2.75) is 50.7 Å². The maximum absolute atomic E-state index is 13.3. The predicted molar refractivity (Wildman–Crippen MR) is 127 cm³/mol. The van der Waals surface area contributed by atoms with Gasteiger partial charge in [-0.05, 0) is 49.6 Å². The van der Waals surface area contributed by atoms with Crippen molar-refractivity contribution < 1.29 is 4.79 Å². The van der Waals surface area contributed by atoms with Crippen LogP contribution in [0.2, 0.25) is 0 Å². The molecule has 2 aliphatic rings. The number of carbonyl (C=O) groups is 1. The van der Waals surface area contributed by atoms with Crippen molar-refractivity contribution in [1.82, 2.24) is 9.80 Å². The van der Waals surface area contributed by atoms with Crippen molar-refractivity contribution in [3.63, 3.8) is 0 Å². The van der Waals surface area contributed by atoms with E-state index in [1.807, 2.05) is 23.1 Å². The second-order valence-electron chi connectivity index (χ2n) is 9.43. The average molecular weight is 416 g/mol. The number of benzene rings is 2. The van der Waals surface area contributed by atoms with Crippen LogP contribution >= 0.6 is 0 Å². The lowest BCUT2D eigenvalue weighted by atomic mass is 9.80. The first-order chi connectivity index (χ1) is 14.8. The molecule has 4 rings (SSSR count). The molecule has 1 fully saturated rings. The summed E-state index contributed by atoms with van der Waals surface area (Å²) in [5, 5.41) is 0. The van der Waals surface area contributed by atoms with Gasteiger partial charge in [0.05, 0.1) is 19.1 Å². The molecule has 0 radical (unpaired) electrons. The highest BCUT2D eigenvalue weighted by molar-refractivity contribution is 5.80. The summed E-state index contributed by atoms with van der Waals surface area (Å²) < 4.78 is 0. The minimum Gasteiger partial charge on any atom is -0.358 e. The van der Waals surface area contributed by atoms with Gasteiger partial charge in [-0.1, -0.05) is 55.3 Å². The molecule has 0 spiro atoms. The van der Waals surface area contributed by atoms with E-state index in [4.69, 9.17) is 6.42 Å². The van der Waals surface area contributed by atoms with Gasteiger partial charge in [0.15, 0.2) is 0 Å². The number of hydrogen-bond acceptors (Lipinski definition) is 3. The first kappa shape index (κ1) is 21.5. The molecule has 0 saturated carbocycles. The number of nitrogens with zero attached hydrogens (tertiary/aromatic N) is 3. The van der Waals surface area contributed by atoms with E-state index in [0.29, 0.717) is 19.1 Å². The molecule has 2 heterocycles. The molecule has 1 amide bonds. The lowest BCUT2D eigenvalue weighted by Gasteiger charge is -2.32. The van der Waals surface area contributed by atoms with Crippen LogP contribution in [0.1, 0.15) is 37.0 Å². The van der Waals surface area contributed by atoms with Crippen LogP contribution in [0.5, 0.6) is 0 Å². The largest absolute Gasteiger partial charge is 0.358 e. The maximum atomic E-state index is 13.3. The normalized spacial score (nSPS) is 23.2. The summed E-state index contributed by atoms with van der Waals surface area (Å²) in [5.74, 6) is 2.78. The Balaban J connectivity index is 1.53. The summed E-state index contributed by atoms with van der Waals surface area (Å²) in [7, 11) is 4.38. The topological polar surface area (TPSA) is 26.8 Å². The first-order valence-electron chi connectivity index (χ1n) is 11.2. The SMILES string of the molecule is C#CCN(C(=O)Cc1ccc2c(c1)[C@]1(C)CCN(C)[C@@H]1N2C)[C@H](C)Cc1ccccc1. The van der Waals surface area contributed by atoms with Crippen molar-refractivity contribution in [1.29, 1.82) is 0 Å². The molecule has 2 aliphatic heterocycles. The number of rotatable bonds is 6. The Labute approximate surface area is 186 Å². The minimum absolute atomic E-state index is 0.0527. The number of likely N-dealkylation sites (tertiary alicyclic amines) is 1. The molecule has 4 heteroatoms. The number of amides is 1. The van der Waals surface area contributed by atoms with Gasteiger partial charge in [-0.3, -0.25) is 9.69 Å². The van der Waals surface area contributed by atoms with E-state index < -0.39 is 0 Å². The molecule has 0 N–H and O–H groups in total. The smallest absolute Gasteiger partial charge is 0.228 e. The fourth-order valence-corrected chi connectivity index (χ4v) is 5.66.